The molecule has 0 heterocycles. The molecule has 1 aromatic carbocycles. The molecule has 0 saturated carbocycles. The normalized spacial score (nSPS) is 12.3. The third kappa shape index (κ3) is 3.28. The summed E-state index contributed by atoms with van der Waals surface area (Å²) in [6.07, 6.45) is 0. The van der Waals surface area contributed by atoms with Crippen molar-refractivity contribution in [2.45, 2.75) is 19.9 Å². The van der Waals surface area contributed by atoms with Gasteiger partial charge in [-0.3, -0.25) is 4.79 Å². The largest absolute Gasteiger partial charge is 0.383 e. The molecule has 0 saturated heterocycles. The van der Waals surface area contributed by atoms with E-state index < -0.39 is 6.04 Å². The zero-order valence-corrected chi connectivity index (χ0v) is 10.9. The van der Waals surface area contributed by atoms with Crippen LogP contribution in [0.5, 0.6) is 0 Å². The summed E-state index contributed by atoms with van der Waals surface area (Å²) in [4.78, 5) is 13.6. The lowest BCUT2D eigenvalue weighted by Crippen LogP contribution is -2.44. The molecule has 1 aromatic rings. The van der Waals surface area contributed by atoms with Gasteiger partial charge in [-0.05, 0) is 25.5 Å². The number of amides is 1. The second-order valence-corrected chi connectivity index (χ2v) is 4.25. The summed E-state index contributed by atoms with van der Waals surface area (Å²) < 4.78 is 4.89. The molecule has 94 valence electrons. The molecular weight excluding hydrogens is 216 g/mol. The van der Waals surface area contributed by atoms with E-state index in [-0.39, 0.29) is 12.5 Å². The molecule has 1 atom stereocenters. The molecule has 2 N–H and O–H groups in total. The summed E-state index contributed by atoms with van der Waals surface area (Å²) in [5.41, 5.74) is 8.85. The zero-order chi connectivity index (χ0) is 13.0. The van der Waals surface area contributed by atoms with Crippen molar-refractivity contribution in [2.24, 2.45) is 5.73 Å². The number of ether oxygens (including phenoxy) is 1. The fraction of sp³-hybridized carbons (Fsp3) is 0.462. The van der Waals surface area contributed by atoms with Crippen molar-refractivity contribution in [3.8, 4) is 0 Å². The van der Waals surface area contributed by atoms with Gasteiger partial charge in [-0.25, -0.2) is 0 Å². The van der Waals surface area contributed by atoms with E-state index in [1.54, 1.807) is 11.9 Å². The number of rotatable bonds is 4. The van der Waals surface area contributed by atoms with Gasteiger partial charge in [0.1, 0.15) is 6.04 Å². The number of hydrogen-bond acceptors (Lipinski definition) is 3. The Morgan fingerprint density at radius 2 is 2.12 bits per heavy atom. The highest BCUT2D eigenvalue weighted by molar-refractivity contribution is 5.97. The highest BCUT2D eigenvalue weighted by Gasteiger charge is 2.19. The number of anilines is 1. The lowest BCUT2D eigenvalue weighted by atomic mass is 10.1. The number of hydrogen-bond donors (Lipinski definition) is 1. The minimum Gasteiger partial charge on any atom is -0.383 e. The maximum atomic E-state index is 12.0. The van der Waals surface area contributed by atoms with Crippen LogP contribution in [0.2, 0.25) is 0 Å². The molecule has 17 heavy (non-hydrogen) atoms. The maximum absolute atomic E-state index is 12.0. The zero-order valence-electron chi connectivity index (χ0n) is 10.9. The molecule has 4 nitrogen and oxygen atoms in total. The Bertz CT molecular complexity index is 404. The van der Waals surface area contributed by atoms with E-state index in [4.69, 9.17) is 10.5 Å². The van der Waals surface area contributed by atoms with Gasteiger partial charge in [0.2, 0.25) is 5.91 Å². The summed E-state index contributed by atoms with van der Waals surface area (Å²) in [6, 6.07) is 5.34. The van der Waals surface area contributed by atoms with Crippen LogP contribution in [-0.4, -0.2) is 32.7 Å². The van der Waals surface area contributed by atoms with E-state index in [2.05, 4.69) is 0 Å². The van der Waals surface area contributed by atoms with Crippen LogP contribution < -0.4 is 10.6 Å². The van der Waals surface area contributed by atoms with Gasteiger partial charge in [0.05, 0.1) is 6.61 Å². The first-order chi connectivity index (χ1) is 7.97. The van der Waals surface area contributed by atoms with E-state index in [9.17, 15) is 4.79 Å². The summed E-state index contributed by atoms with van der Waals surface area (Å²) in [6.45, 7) is 4.23. The highest BCUT2D eigenvalue weighted by Crippen LogP contribution is 2.20. The predicted molar refractivity (Wildman–Crippen MR) is 69.2 cm³/mol. The number of likely N-dealkylation sites (N-methyl/N-ethyl adjacent to an activating group) is 1. The molecule has 0 bridgehead atoms. The number of benzene rings is 1. The number of carbonyl (C=O) groups is 1. The number of nitrogens with two attached hydrogens (primary N) is 1. The smallest absolute Gasteiger partial charge is 0.246 e. The molecule has 0 aromatic heterocycles. The van der Waals surface area contributed by atoms with Crippen LogP contribution in [0, 0.1) is 13.8 Å². The number of nitrogens with zero attached hydrogens (tertiary/aromatic N) is 1. The van der Waals surface area contributed by atoms with Crippen LogP contribution >= 0.6 is 0 Å². The Hall–Kier alpha value is -1.39. The molecular formula is C13H20N2O2. The first kappa shape index (κ1) is 13.7. The van der Waals surface area contributed by atoms with Crippen LogP contribution in [0.25, 0.3) is 0 Å². The Morgan fingerprint density at radius 1 is 1.47 bits per heavy atom. The number of methoxy groups -OCH3 is 1. The van der Waals surface area contributed by atoms with Crippen molar-refractivity contribution in [1.29, 1.82) is 0 Å². The number of aryl methyl sites for hydroxylation is 2. The van der Waals surface area contributed by atoms with Gasteiger partial charge in [-0.1, -0.05) is 17.7 Å². The fourth-order valence-corrected chi connectivity index (χ4v) is 1.80. The van der Waals surface area contributed by atoms with Crippen LogP contribution in [-0.2, 0) is 9.53 Å². The minimum absolute atomic E-state index is 0.140. The van der Waals surface area contributed by atoms with Gasteiger partial charge in [-0.2, -0.15) is 0 Å². The minimum atomic E-state index is -0.620. The van der Waals surface area contributed by atoms with Crippen molar-refractivity contribution in [2.75, 3.05) is 25.7 Å². The molecule has 0 aliphatic heterocycles. The maximum Gasteiger partial charge on any atom is 0.246 e. The molecule has 0 aliphatic rings. The van der Waals surface area contributed by atoms with E-state index in [1.807, 2.05) is 32.0 Å². The molecule has 1 unspecified atom stereocenters. The van der Waals surface area contributed by atoms with Crippen molar-refractivity contribution >= 4 is 11.6 Å². The Morgan fingerprint density at radius 3 is 2.65 bits per heavy atom. The van der Waals surface area contributed by atoms with Gasteiger partial charge in [0.15, 0.2) is 0 Å². The van der Waals surface area contributed by atoms with Crippen molar-refractivity contribution in [3.63, 3.8) is 0 Å². The SMILES string of the molecule is COCC(N)C(=O)N(C)c1ccc(C)cc1C. The van der Waals surface area contributed by atoms with Gasteiger partial charge >= 0.3 is 0 Å². The molecule has 0 spiro atoms. The molecule has 4 heteroatoms. The fourth-order valence-electron chi connectivity index (χ4n) is 1.80. The Labute approximate surface area is 102 Å². The van der Waals surface area contributed by atoms with E-state index in [1.165, 1.54) is 12.7 Å². The molecule has 0 aliphatic carbocycles. The Balaban J connectivity index is 2.88. The van der Waals surface area contributed by atoms with Crippen LogP contribution in [0.4, 0.5) is 5.69 Å². The van der Waals surface area contributed by atoms with Crippen LogP contribution in [0.3, 0.4) is 0 Å². The number of carbonyl (C=O) groups excluding carboxylic acids is 1. The van der Waals surface area contributed by atoms with Gasteiger partial charge in [-0.15, -0.1) is 0 Å². The lowest BCUT2D eigenvalue weighted by molar-refractivity contribution is -0.120. The summed E-state index contributed by atoms with van der Waals surface area (Å²) in [5, 5.41) is 0. The summed E-state index contributed by atoms with van der Waals surface area (Å²) >= 11 is 0. The first-order valence-corrected chi connectivity index (χ1v) is 5.56. The second kappa shape index (κ2) is 5.80. The van der Waals surface area contributed by atoms with Crippen LogP contribution in [0.15, 0.2) is 18.2 Å². The predicted octanol–water partition coefficient (Wildman–Crippen LogP) is 1.24. The summed E-state index contributed by atoms with van der Waals surface area (Å²) in [7, 11) is 3.26. The topological polar surface area (TPSA) is 55.6 Å². The van der Waals surface area contributed by atoms with Gasteiger partial charge < -0.3 is 15.4 Å². The van der Waals surface area contributed by atoms with E-state index in [0.29, 0.717) is 0 Å². The molecule has 0 radical (unpaired) electrons. The quantitative estimate of drug-likeness (QED) is 0.855. The van der Waals surface area contributed by atoms with Gasteiger partial charge in [0.25, 0.3) is 0 Å². The average molecular weight is 236 g/mol. The lowest BCUT2D eigenvalue weighted by Gasteiger charge is -2.23. The Kier molecular flexibility index (Phi) is 4.66. The summed E-state index contributed by atoms with van der Waals surface area (Å²) in [5.74, 6) is -0.140. The second-order valence-electron chi connectivity index (χ2n) is 4.25. The van der Waals surface area contributed by atoms with E-state index >= 15 is 0 Å². The van der Waals surface area contributed by atoms with E-state index in [0.717, 1.165) is 11.3 Å². The van der Waals surface area contributed by atoms with Crippen molar-refractivity contribution in [1.82, 2.24) is 0 Å². The third-order valence-electron chi connectivity index (χ3n) is 2.71. The van der Waals surface area contributed by atoms with Gasteiger partial charge in [0, 0.05) is 19.8 Å². The first-order valence-electron chi connectivity index (χ1n) is 5.56. The monoisotopic (exact) mass is 236 g/mol. The molecule has 1 amide bonds. The standard InChI is InChI=1S/C13H20N2O2/c1-9-5-6-12(10(2)7-9)15(3)13(16)11(14)8-17-4/h5-7,11H,8,14H2,1-4H3. The third-order valence-corrected chi connectivity index (χ3v) is 2.71. The molecule has 1 rings (SSSR count). The van der Waals surface area contributed by atoms with Crippen molar-refractivity contribution < 1.29 is 9.53 Å². The van der Waals surface area contributed by atoms with Crippen molar-refractivity contribution in [3.05, 3.63) is 29.3 Å². The highest BCUT2D eigenvalue weighted by atomic mass is 16.5. The van der Waals surface area contributed by atoms with Crippen LogP contribution in [0.1, 0.15) is 11.1 Å². The molecule has 0 fully saturated rings. The average Bonchev–Trinajstić information content (AvgIpc) is 2.27.